The van der Waals surface area contributed by atoms with Crippen molar-refractivity contribution in [1.82, 2.24) is 0 Å². The maximum absolute atomic E-state index is 13.4. The molecule has 212 valence electrons. The van der Waals surface area contributed by atoms with Crippen LogP contribution in [0.5, 0.6) is 23.0 Å². The SMILES string of the molecule is COc1ccc([C@H]2CC(=O)Oc3cc4c(c(O)c32)C(=O)O[C@H](C)CCCC(=O)CCCC=C4)cc1OCC(N)=O. The lowest BCUT2D eigenvalue weighted by atomic mass is 9.83. The molecule has 0 unspecified atom stereocenters. The van der Waals surface area contributed by atoms with E-state index < -0.39 is 29.9 Å². The number of amides is 1. The van der Waals surface area contributed by atoms with Crippen molar-refractivity contribution in [1.29, 1.82) is 0 Å². The van der Waals surface area contributed by atoms with Gasteiger partial charge in [0.2, 0.25) is 0 Å². The largest absolute Gasteiger partial charge is 0.507 e. The van der Waals surface area contributed by atoms with Crippen molar-refractivity contribution in [3.8, 4) is 23.0 Å². The van der Waals surface area contributed by atoms with E-state index >= 15 is 0 Å². The number of carbonyl (C=O) groups excluding carboxylic acids is 4. The fourth-order valence-electron chi connectivity index (χ4n) is 4.98. The normalized spacial score (nSPS) is 19.9. The third kappa shape index (κ3) is 6.62. The number of allylic oxidation sites excluding steroid dienone is 1. The fraction of sp³-hybridized carbons (Fsp3) is 0.400. The lowest BCUT2D eigenvalue weighted by molar-refractivity contribution is -0.135. The number of methoxy groups -OCH3 is 1. The van der Waals surface area contributed by atoms with E-state index in [1.165, 1.54) is 7.11 Å². The van der Waals surface area contributed by atoms with Gasteiger partial charge in [0.25, 0.3) is 5.91 Å². The Morgan fingerprint density at radius 3 is 2.65 bits per heavy atom. The van der Waals surface area contributed by atoms with Crippen LogP contribution in [0.25, 0.3) is 6.08 Å². The molecule has 0 saturated carbocycles. The van der Waals surface area contributed by atoms with E-state index in [4.69, 9.17) is 24.7 Å². The second-order valence-electron chi connectivity index (χ2n) is 9.94. The Morgan fingerprint density at radius 1 is 1.12 bits per heavy atom. The third-order valence-corrected chi connectivity index (χ3v) is 6.94. The van der Waals surface area contributed by atoms with Gasteiger partial charge in [-0.3, -0.25) is 14.4 Å². The summed E-state index contributed by atoms with van der Waals surface area (Å²) in [6.07, 6.45) is 6.15. The average molecular weight is 552 g/mol. The van der Waals surface area contributed by atoms with Crippen LogP contribution < -0.4 is 19.9 Å². The summed E-state index contributed by atoms with van der Waals surface area (Å²) in [4.78, 5) is 49.4. The standard InChI is InChI=1S/C30H33NO9/c1-17-7-6-10-20(32)9-5-3-4-8-19-14-24-28(29(35)27(19)30(36)39-17)21(15-26(34)40-24)18-11-12-22(37-2)23(13-18)38-16-25(31)33/h4,8,11-14,17,21,35H,3,5-7,9-10,15-16H2,1-2H3,(H2,31,33)/t17-,21-/m1/s1. The molecule has 3 N–H and O–H groups in total. The molecule has 10 nitrogen and oxygen atoms in total. The van der Waals surface area contributed by atoms with Crippen molar-refractivity contribution in [3.05, 3.63) is 52.6 Å². The number of Topliss-reactive ketones (excluding diaryl/α,β-unsaturated/α-hetero) is 1. The van der Waals surface area contributed by atoms with E-state index in [1.807, 2.05) is 6.08 Å². The summed E-state index contributed by atoms with van der Waals surface area (Å²) in [7, 11) is 1.44. The molecule has 0 radical (unpaired) electrons. The highest BCUT2D eigenvalue weighted by Gasteiger charge is 2.36. The first-order chi connectivity index (χ1) is 19.2. The van der Waals surface area contributed by atoms with Crippen molar-refractivity contribution in [3.63, 3.8) is 0 Å². The van der Waals surface area contributed by atoms with Crippen molar-refractivity contribution in [2.75, 3.05) is 13.7 Å². The smallest absolute Gasteiger partial charge is 0.342 e. The fourth-order valence-corrected chi connectivity index (χ4v) is 4.98. The van der Waals surface area contributed by atoms with E-state index in [0.29, 0.717) is 55.4 Å². The molecule has 10 heteroatoms. The molecule has 0 fully saturated rings. The molecule has 2 aliphatic rings. The molecule has 0 aliphatic carbocycles. The first-order valence-corrected chi connectivity index (χ1v) is 13.3. The van der Waals surface area contributed by atoms with E-state index in [0.717, 1.165) is 0 Å². The number of nitrogens with two attached hydrogens (primary N) is 1. The summed E-state index contributed by atoms with van der Waals surface area (Å²) in [6.45, 7) is 1.36. The number of esters is 2. The van der Waals surface area contributed by atoms with Crippen molar-refractivity contribution < 1.29 is 43.2 Å². The molecule has 2 aromatic rings. The van der Waals surface area contributed by atoms with Gasteiger partial charge < -0.3 is 29.8 Å². The number of carbonyl (C=O) groups is 4. The number of phenols is 1. The molecular weight excluding hydrogens is 518 g/mol. The zero-order chi connectivity index (χ0) is 28.8. The van der Waals surface area contributed by atoms with Gasteiger partial charge in [-0.1, -0.05) is 18.2 Å². The zero-order valence-electron chi connectivity index (χ0n) is 22.6. The number of ether oxygens (including phenoxy) is 4. The van der Waals surface area contributed by atoms with Gasteiger partial charge in [-0.25, -0.2) is 4.79 Å². The van der Waals surface area contributed by atoms with E-state index in [-0.39, 0.29) is 47.2 Å². The first-order valence-electron chi connectivity index (χ1n) is 13.3. The number of hydrogen-bond donors (Lipinski definition) is 2. The number of rotatable bonds is 5. The van der Waals surface area contributed by atoms with Gasteiger partial charge in [0, 0.05) is 24.3 Å². The minimum atomic E-state index is -0.716. The second kappa shape index (κ2) is 12.7. The summed E-state index contributed by atoms with van der Waals surface area (Å²) in [5.41, 5.74) is 6.36. The molecule has 40 heavy (non-hydrogen) atoms. The Morgan fingerprint density at radius 2 is 1.90 bits per heavy atom. The van der Waals surface area contributed by atoms with Gasteiger partial charge >= 0.3 is 11.9 Å². The molecular formula is C30H33NO9. The molecule has 0 aromatic heterocycles. The molecule has 4 rings (SSSR count). The highest BCUT2D eigenvalue weighted by molar-refractivity contribution is 5.98. The molecule has 2 aromatic carbocycles. The van der Waals surface area contributed by atoms with Crippen molar-refractivity contribution >= 4 is 29.7 Å². The molecule has 0 spiro atoms. The number of phenolic OH excluding ortho intramolecular Hbond substituents is 1. The van der Waals surface area contributed by atoms with Crippen LogP contribution in [0.4, 0.5) is 0 Å². The van der Waals surface area contributed by atoms with Gasteiger partial charge in [0.1, 0.15) is 22.8 Å². The maximum atomic E-state index is 13.4. The third-order valence-electron chi connectivity index (χ3n) is 6.94. The Bertz CT molecular complexity index is 1350. The highest BCUT2D eigenvalue weighted by atomic mass is 16.5. The van der Waals surface area contributed by atoms with Crippen molar-refractivity contribution in [2.24, 2.45) is 5.73 Å². The lowest BCUT2D eigenvalue weighted by Gasteiger charge is -2.28. The van der Waals surface area contributed by atoms with E-state index in [1.54, 1.807) is 37.3 Å². The van der Waals surface area contributed by atoms with Gasteiger partial charge in [-0.2, -0.15) is 0 Å². The topological polar surface area (TPSA) is 151 Å². The minimum Gasteiger partial charge on any atom is -0.507 e. The van der Waals surface area contributed by atoms with Crippen LogP contribution in [0.1, 0.15) is 84.8 Å². The Labute approximate surface area is 232 Å². The van der Waals surface area contributed by atoms with Gasteiger partial charge in [0.05, 0.1) is 19.6 Å². The Kier molecular flexibility index (Phi) is 9.08. The van der Waals surface area contributed by atoms with Crippen molar-refractivity contribution in [2.45, 2.75) is 63.9 Å². The number of benzene rings is 2. The number of ketones is 1. The van der Waals surface area contributed by atoms with Gasteiger partial charge in [-0.05, 0) is 61.9 Å². The second-order valence-corrected chi connectivity index (χ2v) is 9.94. The number of fused-ring (bicyclic) bond motifs is 2. The number of primary amides is 1. The lowest BCUT2D eigenvalue weighted by Crippen LogP contribution is -2.23. The van der Waals surface area contributed by atoms with Crippen LogP contribution in [-0.2, 0) is 19.1 Å². The van der Waals surface area contributed by atoms with Crippen LogP contribution >= 0.6 is 0 Å². The van der Waals surface area contributed by atoms with Crippen LogP contribution in [0.15, 0.2) is 30.3 Å². The van der Waals surface area contributed by atoms with Crippen LogP contribution in [0, 0.1) is 0 Å². The molecule has 2 heterocycles. The number of aromatic hydroxyl groups is 1. The summed E-state index contributed by atoms with van der Waals surface area (Å²) in [6, 6.07) is 6.46. The van der Waals surface area contributed by atoms with Crippen LogP contribution in [0.3, 0.4) is 0 Å². The summed E-state index contributed by atoms with van der Waals surface area (Å²) >= 11 is 0. The number of hydrogen-bond acceptors (Lipinski definition) is 9. The molecule has 0 saturated heterocycles. The Balaban J connectivity index is 1.80. The predicted octanol–water partition coefficient (Wildman–Crippen LogP) is 4.19. The van der Waals surface area contributed by atoms with Gasteiger partial charge in [0.15, 0.2) is 18.1 Å². The summed E-state index contributed by atoms with van der Waals surface area (Å²) < 4.78 is 22.0. The first kappa shape index (κ1) is 28.7. The quantitative estimate of drug-likeness (QED) is 0.412. The Hall–Kier alpha value is -4.34. The van der Waals surface area contributed by atoms with Crippen LogP contribution in [0.2, 0.25) is 0 Å². The van der Waals surface area contributed by atoms with E-state index in [9.17, 15) is 24.3 Å². The summed E-state index contributed by atoms with van der Waals surface area (Å²) in [5, 5.41) is 11.6. The zero-order valence-corrected chi connectivity index (χ0v) is 22.6. The molecule has 2 aliphatic heterocycles. The van der Waals surface area contributed by atoms with E-state index in [2.05, 4.69) is 0 Å². The maximum Gasteiger partial charge on any atom is 0.342 e. The van der Waals surface area contributed by atoms with Crippen LogP contribution in [-0.4, -0.2) is 48.6 Å². The minimum absolute atomic E-state index is 0.0309. The number of cyclic esters (lactones) is 1. The average Bonchev–Trinajstić information content (AvgIpc) is 2.90. The highest BCUT2D eigenvalue weighted by Crippen LogP contribution is 2.48. The summed E-state index contributed by atoms with van der Waals surface area (Å²) in [5.74, 6) is -2.08. The predicted molar refractivity (Wildman–Crippen MR) is 145 cm³/mol. The molecule has 2 atom stereocenters. The molecule has 1 amide bonds. The monoisotopic (exact) mass is 551 g/mol. The molecule has 0 bridgehead atoms. The van der Waals surface area contributed by atoms with Gasteiger partial charge in [-0.15, -0.1) is 0 Å².